The molecule has 0 spiro atoms. The SMILES string of the molecule is c1ccc2c(c1)sc1cc3cc(Cc4ccc(-c5ccc(-n6c7ccccc7c7ccccc76)cc5)cc4)c4ccccc4c3cc12. The fourth-order valence-electron chi connectivity index (χ4n) is 7.59. The first-order valence-electron chi connectivity index (χ1n) is 16.2. The summed E-state index contributed by atoms with van der Waals surface area (Å²) in [5, 5.41) is 10.6. The largest absolute Gasteiger partial charge is 0.309 e. The summed E-state index contributed by atoms with van der Waals surface area (Å²) in [7, 11) is 0. The second-order valence-corrected chi connectivity index (χ2v) is 13.6. The molecule has 220 valence electrons. The van der Waals surface area contributed by atoms with Gasteiger partial charge in [-0.05, 0) is 92.7 Å². The predicted octanol–water partition coefficient (Wildman–Crippen LogP) is 12.7. The molecule has 0 atom stereocenters. The van der Waals surface area contributed by atoms with Crippen molar-refractivity contribution in [3.05, 3.63) is 175 Å². The smallest absolute Gasteiger partial charge is 0.0541 e. The molecule has 10 rings (SSSR count). The maximum absolute atomic E-state index is 2.42. The van der Waals surface area contributed by atoms with Gasteiger partial charge in [0.1, 0.15) is 0 Å². The lowest BCUT2D eigenvalue weighted by molar-refractivity contribution is 1.18. The number of nitrogens with zero attached hydrogens (tertiary/aromatic N) is 1. The van der Waals surface area contributed by atoms with E-state index in [2.05, 4.69) is 168 Å². The summed E-state index contributed by atoms with van der Waals surface area (Å²) in [4.78, 5) is 0. The van der Waals surface area contributed by atoms with E-state index in [1.165, 1.54) is 91.5 Å². The summed E-state index contributed by atoms with van der Waals surface area (Å²) >= 11 is 1.89. The summed E-state index contributed by atoms with van der Waals surface area (Å²) in [5.74, 6) is 0. The lowest BCUT2D eigenvalue weighted by Crippen LogP contribution is -1.94. The maximum Gasteiger partial charge on any atom is 0.0541 e. The molecule has 1 nitrogen and oxygen atoms in total. The fraction of sp³-hybridized carbons (Fsp3) is 0.0222. The fourth-order valence-corrected chi connectivity index (χ4v) is 8.72. The van der Waals surface area contributed by atoms with Crippen LogP contribution in [0.15, 0.2) is 164 Å². The minimum absolute atomic E-state index is 0.897. The van der Waals surface area contributed by atoms with E-state index in [-0.39, 0.29) is 0 Å². The third-order valence-electron chi connectivity index (χ3n) is 9.83. The molecule has 0 unspecified atom stereocenters. The summed E-state index contributed by atoms with van der Waals surface area (Å²) in [5.41, 5.74) is 8.81. The zero-order chi connectivity index (χ0) is 30.9. The predicted molar refractivity (Wildman–Crippen MR) is 203 cm³/mol. The van der Waals surface area contributed by atoms with E-state index in [0.717, 1.165) is 6.42 Å². The lowest BCUT2D eigenvalue weighted by atomic mass is 9.92. The number of hydrogen-bond acceptors (Lipinski definition) is 1. The Kier molecular flexibility index (Phi) is 5.88. The first kappa shape index (κ1) is 26.5. The van der Waals surface area contributed by atoms with Crippen molar-refractivity contribution >= 4 is 74.9 Å². The van der Waals surface area contributed by atoms with Crippen molar-refractivity contribution in [1.29, 1.82) is 0 Å². The van der Waals surface area contributed by atoms with E-state index in [0.29, 0.717) is 0 Å². The molecule has 0 saturated carbocycles. The van der Waals surface area contributed by atoms with Crippen molar-refractivity contribution in [3.63, 3.8) is 0 Å². The van der Waals surface area contributed by atoms with Crippen LogP contribution in [0.1, 0.15) is 11.1 Å². The molecule has 0 bridgehead atoms. The maximum atomic E-state index is 2.42. The minimum atomic E-state index is 0.897. The van der Waals surface area contributed by atoms with Crippen LogP contribution in [-0.2, 0) is 6.42 Å². The van der Waals surface area contributed by atoms with Crippen molar-refractivity contribution < 1.29 is 0 Å². The van der Waals surface area contributed by atoms with Gasteiger partial charge in [-0.15, -0.1) is 11.3 Å². The van der Waals surface area contributed by atoms with Crippen LogP contribution >= 0.6 is 11.3 Å². The molecule has 0 aliphatic rings. The molecule has 0 aliphatic carbocycles. The Morgan fingerprint density at radius 3 is 1.68 bits per heavy atom. The Bertz CT molecular complexity index is 2740. The minimum Gasteiger partial charge on any atom is -0.309 e. The molecule has 0 fully saturated rings. The molecule has 0 N–H and O–H groups in total. The number of fused-ring (bicyclic) bond motifs is 9. The van der Waals surface area contributed by atoms with Crippen LogP contribution in [0.2, 0.25) is 0 Å². The van der Waals surface area contributed by atoms with Gasteiger partial charge in [-0.3, -0.25) is 0 Å². The van der Waals surface area contributed by atoms with E-state index in [9.17, 15) is 0 Å². The molecule has 2 heterocycles. The average Bonchev–Trinajstić information content (AvgIpc) is 3.67. The van der Waals surface area contributed by atoms with Crippen LogP contribution in [-0.4, -0.2) is 4.57 Å². The monoisotopic (exact) mass is 615 g/mol. The number of rotatable bonds is 4. The Balaban J connectivity index is 0.991. The standard InChI is InChI=1S/C45H29NS/c1-2-10-36-35(9-1)32(26-33-27-45-41(28-40(33)36)39-13-5-8-16-44(39)47-45)25-29-17-19-30(20-18-29)31-21-23-34(24-22-31)46-42-14-6-3-11-37(42)38-12-4-7-15-43(38)46/h1-24,26-28H,25H2. The van der Waals surface area contributed by atoms with Crippen LogP contribution in [0, 0.1) is 0 Å². The second kappa shape index (κ2) is 10.4. The highest BCUT2D eigenvalue weighted by Crippen LogP contribution is 2.39. The summed E-state index contributed by atoms with van der Waals surface area (Å²) in [6.07, 6.45) is 0.897. The lowest BCUT2D eigenvalue weighted by Gasteiger charge is -2.12. The van der Waals surface area contributed by atoms with Crippen LogP contribution in [0.25, 0.3) is 80.3 Å². The van der Waals surface area contributed by atoms with Gasteiger partial charge in [0.15, 0.2) is 0 Å². The number of hydrogen-bond donors (Lipinski definition) is 0. The normalized spacial score (nSPS) is 11.9. The number of thiophene rings is 1. The van der Waals surface area contributed by atoms with E-state index in [1.807, 2.05) is 11.3 Å². The quantitative estimate of drug-likeness (QED) is 0.174. The Morgan fingerprint density at radius 1 is 0.404 bits per heavy atom. The highest BCUT2D eigenvalue weighted by atomic mass is 32.1. The van der Waals surface area contributed by atoms with Crippen LogP contribution in [0.4, 0.5) is 0 Å². The first-order valence-corrected chi connectivity index (χ1v) is 17.0. The molecular weight excluding hydrogens is 587 g/mol. The van der Waals surface area contributed by atoms with Gasteiger partial charge < -0.3 is 4.57 Å². The van der Waals surface area contributed by atoms with E-state index in [4.69, 9.17) is 0 Å². The molecule has 0 amide bonds. The zero-order valence-corrected chi connectivity index (χ0v) is 26.5. The second-order valence-electron chi connectivity index (χ2n) is 12.5. The van der Waals surface area contributed by atoms with Crippen LogP contribution in [0.5, 0.6) is 0 Å². The molecule has 0 aliphatic heterocycles. The molecule has 47 heavy (non-hydrogen) atoms. The summed E-state index contributed by atoms with van der Waals surface area (Å²) in [6, 6.07) is 60.4. The molecular formula is C45H29NS. The summed E-state index contributed by atoms with van der Waals surface area (Å²) < 4.78 is 5.08. The number of aromatic nitrogens is 1. The number of para-hydroxylation sites is 2. The number of benzene rings is 8. The van der Waals surface area contributed by atoms with E-state index in [1.54, 1.807) is 0 Å². The van der Waals surface area contributed by atoms with Crippen molar-refractivity contribution in [2.75, 3.05) is 0 Å². The molecule has 2 heteroatoms. The topological polar surface area (TPSA) is 4.93 Å². The van der Waals surface area contributed by atoms with Gasteiger partial charge in [0.05, 0.1) is 11.0 Å². The molecule has 8 aromatic carbocycles. The van der Waals surface area contributed by atoms with Crippen LogP contribution in [0.3, 0.4) is 0 Å². The van der Waals surface area contributed by atoms with Gasteiger partial charge in [0, 0.05) is 36.6 Å². The highest BCUT2D eigenvalue weighted by Gasteiger charge is 2.13. The third kappa shape index (κ3) is 4.22. The third-order valence-corrected chi connectivity index (χ3v) is 11.0. The first-order chi connectivity index (χ1) is 23.3. The van der Waals surface area contributed by atoms with Crippen molar-refractivity contribution in [2.45, 2.75) is 6.42 Å². The van der Waals surface area contributed by atoms with Gasteiger partial charge in [-0.2, -0.15) is 0 Å². The van der Waals surface area contributed by atoms with Crippen molar-refractivity contribution in [3.8, 4) is 16.8 Å². The van der Waals surface area contributed by atoms with Crippen molar-refractivity contribution in [2.24, 2.45) is 0 Å². The van der Waals surface area contributed by atoms with E-state index < -0.39 is 0 Å². The van der Waals surface area contributed by atoms with Gasteiger partial charge in [0.2, 0.25) is 0 Å². The molecule has 2 aromatic heterocycles. The van der Waals surface area contributed by atoms with Gasteiger partial charge >= 0.3 is 0 Å². The van der Waals surface area contributed by atoms with Crippen LogP contribution < -0.4 is 0 Å². The Hall–Kier alpha value is -5.70. The molecule has 10 aromatic rings. The average molecular weight is 616 g/mol. The van der Waals surface area contributed by atoms with E-state index >= 15 is 0 Å². The highest BCUT2D eigenvalue weighted by molar-refractivity contribution is 7.25. The Morgan fingerprint density at radius 2 is 0.979 bits per heavy atom. The van der Waals surface area contributed by atoms with Gasteiger partial charge in [0.25, 0.3) is 0 Å². The van der Waals surface area contributed by atoms with Crippen molar-refractivity contribution in [1.82, 2.24) is 4.57 Å². The van der Waals surface area contributed by atoms with Gasteiger partial charge in [-0.25, -0.2) is 0 Å². The zero-order valence-electron chi connectivity index (χ0n) is 25.7. The van der Waals surface area contributed by atoms with Gasteiger partial charge in [-0.1, -0.05) is 121 Å². The summed E-state index contributed by atoms with van der Waals surface area (Å²) in [6.45, 7) is 0. The molecule has 0 radical (unpaired) electrons. The Labute approximate surface area is 276 Å². The molecule has 0 saturated heterocycles.